The highest BCUT2D eigenvalue weighted by molar-refractivity contribution is 6.76. The molecule has 2 heterocycles. The first-order valence-electron chi connectivity index (χ1n) is 14.4. The second-order valence-electron chi connectivity index (χ2n) is 13.5. The van der Waals surface area contributed by atoms with Gasteiger partial charge in [0.05, 0.1) is 0 Å². The van der Waals surface area contributed by atoms with Crippen molar-refractivity contribution in [2.45, 2.75) is 71.4 Å². The van der Waals surface area contributed by atoms with Gasteiger partial charge in [-0.1, -0.05) is 45.6 Å². The molecule has 220 valence electrons. The number of likely N-dealkylation sites (N-methyl/N-ethyl adjacent to an activating group) is 2. The van der Waals surface area contributed by atoms with Crippen LogP contribution in [-0.2, 0) is 11.5 Å². The fourth-order valence-corrected chi connectivity index (χ4v) is 6.11. The second-order valence-corrected chi connectivity index (χ2v) is 19.1. The average Bonchev–Trinajstić information content (AvgIpc) is 3.33. The third kappa shape index (κ3) is 7.66. The molecule has 2 aromatic rings. The number of aromatic nitrogens is 2. The van der Waals surface area contributed by atoms with Crippen molar-refractivity contribution in [3.8, 4) is 6.07 Å². The summed E-state index contributed by atoms with van der Waals surface area (Å²) in [5.74, 6) is -0.0663. The number of carbonyl (C=O) groups excluding carboxylic acids is 2. The Labute approximate surface area is 245 Å². The number of ether oxygens (including phenoxy) is 1. The normalized spacial score (nSPS) is 17.8. The molecule has 2 aliphatic rings. The SMILES string of the molecule is CN1CC(c2ccc(NC(=O)c3nc(C#N)cn3COCC[Si](C)(C)C)c(C3=CCC(C)(C)CC3)c2)CN(C)C1=O. The lowest BCUT2D eigenvalue weighted by molar-refractivity contribution is 0.0808. The number of nitriles is 1. The molecule has 0 atom stereocenters. The summed E-state index contributed by atoms with van der Waals surface area (Å²) >= 11 is 0. The van der Waals surface area contributed by atoms with Crippen LogP contribution in [0.5, 0.6) is 0 Å². The topological polar surface area (TPSA) is 103 Å². The molecule has 0 radical (unpaired) electrons. The van der Waals surface area contributed by atoms with E-state index < -0.39 is 8.07 Å². The number of benzene rings is 1. The molecule has 1 N–H and O–H groups in total. The van der Waals surface area contributed by atoms with Gasteiger partial charge in [0.1, 0.15) is 12.8 Å². The van der Waals surface area contributed by atoms with Gasteiger partial charge < -0.3 is 24.4 Å². The zero-order chi connectivity index (χ0) is 29.9. The minimum absolute atomic E-state index is 0.0271. The molecule has 41 heavy (non-hydrogen) atoms. The quantitative estimate of drug-likeness (QED) is 0.292. The Morgan fingerprint density at radius 3 is 2.54 bits per heavy atom. The van der Waals surface area contributed by atoms with Gasteiger partial charge in [0.15, 0.2) is 5.69 Å². The average molecular weight is 577 g/mol. The van der Waals surface area contributed by atoms with Crippen molar-refractivity contribution >= 4 is 31.3 Å². The van der Waals surface area contributed by atoms with E-state index in [0.717, 1.165) is 36.4 Å². The summed E-state index contributed by atoms with van der Waals surface area (Å²) in [6.07, 6.45) is 6.80. The number of imidazole rings is 1. The lowest BCUT2D eigenvalue weighted by atomic mass is 9.76. The zero-order valence-corrected chi connectivity index (χ0v) is 26.6. The molecule has 10 heteroatoms. The first-order valence-corrected chi connectivity index (χ1v) is 18.1. The molecule has 1 saturated heterocycles. The van der Waals surface area contributed by atoms with E-state index in [1.54, 1.807) is 20.6 Å². The third-order valence-corrected chi connectivity index (χ3v) is 9.75. The minimum atomic E-state index is -1.25. The number of carbonyl (C=O) groups is 2. The number of anilines is 1. The second kappa shape index (κ2) is 12.2. The van der Waals surface area contributed by atoms with Crippen LogP contribution in [0.15, 0.2) is 30.5 Å². The van der Waals surface area contributed by atoms with E-state index in [9.17, 15) is 14.9 Å². The fraction of sp³-hybridized carbons (Fsp3) is 0.548. The van der Waals surface area contributed by atoms with Gasteiger partial charge in [-0.05, 0) is 54.0 Å². The Morgan fingerprint density at radius 2 is 1.93 bits per heavy atom. The van der Waals surface area contributed by atoms with E-state index in [0.29, 0.717) is 25.4 Å². The predicted molar refractivity (Wildman–Crippen MR) is 164 cm³/mol. The van der Waals surface area contributed by atoms with Gasteiger partial charge in [0.2, 0.25) is 5.82 Å². The molecule has 3 amide bonds. The summed E-state index contributed by atoms with van der Waals surface area (Å²) < 4.78 is 7.48. The van der Waals surface area contributed by atoms with Crippen LogP contribution >= 0.6 is 0 Å². The standard InChI is InChI=1S/C31H44N6O3Si/c1-31(2)12-10-22(11-13-31)26-16-23(24-18-35(3)30(39)36(4)19-24)8-9-27(26)34-29(38)28-33-25(17-32)20-37(28)21-40-14-15-41(5,6)7/h8-10,16,20,24H,11-15,18-19,21H2,1-7H3,(H,34,38). The molecule has 0 spiro atoms. The van der Waals surface area contributed by atoms with Gasteiger partial charge in [0.25, 0.3) is 5.91 Å². The van der Waals surface area contributed by atoms with Crippen LogP contribution in [0.4, 0.5) is 10.5 Å². The van der Waals surface area contributed by atoms with Crippen LogP contribution in [-0.4, -0.2) is 73.2 Å². The maximum absolute atomic E-state index is 13.6. The highest BCUT2D eigenvalue weighted by Crippen LogP contribution is 2.41. The number of allylic oxidation sites excluding steroid dienone is 2. The number of rotatable bonds is 9. The van der Waals surface area contributed by atoms with Gasteiger partial charge >= 0.3 is 6.03 Å². The maximum Gasteiger partial charge on any atom is 0.319 e. The Bertz CT molecular complexity index is 1350. The fourth-order valence-electron chi connectivity index (χ4n) is 5.36. The van der Waals surface area contributed by atoms with E-state index in [-0.39, 0.29) is 41.5 Å². The number of hydrogen-bond donors (Lipinski definition) is 1. The zero-order valence-electron chi connectivity index (χ0n) is 25.6. The van der Waals surface area contributed by atoms with Crippen LogP contribution in [0.1, 0.15) is 66.5 Å². The van der Waals surface area contributed by atoms with Crippen LogP contribution in [0, 0.1) is 16.7 Å². The van der Waals surface area contributed by atoms with Crippen molar-refractivity contribution in [1.29, 1.82) is 5.26 Å². The minimum Gasteiger partial charge on any atom is -0.361 e. The molecule has 0 unspecified atom stereocenters. The molecule has 1 aliphatic carbocycles. The summed E-state index contributed by atoms with van der Waals surface area (Å²) in [6.45, 7) is 13.5. The van der Waals surface area contributed by atoms with Gasteiger partial charge in [0, 0.05) is 65.2 Å². The van der Waals surface area contributed by atoms with E-state index in [1.807, 2.05) is 32.3 Å². The van der Waals surface area contributed by atoms with Crippen molar-refractivity contribution in [1.82, 2.24) is 19.4 Å². The Kier molecular flexibility index (Phi) is 9.09. The van der Waals surface area contributed by atoms with E-state index in [1.165, 1.54) is 5.57 Å². The number of nitrogens with one attached hydrogen (secondary N) is 1. The molecule has 9 nitrogen and oxygen atoms in total. The monoisotopic (exact) mass is 576 g/mol. The van der Waals surface area contributed by atoms with Crippen LogP contribution < -0.4 is 5.32 Å². The molecule has 1 aliphatic heterocycles. The summed E-state index contributed by atoms with van der Waals surface area (Å²) in [4.78, 5) is 33.7. The molecule has 1 aromatic carbocycles. The highest BCUT2D eigenvalue weighted by atomic mass is 28.3. The van der Waals surface area contributed by atoms with Crippen LogP contribution in [0.2, 0.25) is 25.7 Å². The molecule has 1 fully saturated rings. The summed E-state index contributed by atoms with van der Waals surface area (Å²) in [7, 11) is 2.41. The molecular formula is C31H44N6O3Si. The van der Waals surface area contributed by atoms with Gasteiger partial charge in [-0.15, -0.1) is 0 Å². The Morgan fingerprint density at radius 1 is 1.22 bits per heavy atom. The lowest BCUT2D eigenvalue weighted by Gasteiger charge is -2.37. The largest absolute Gasteiger partial charge is 0.361 e. The number of urea groups is 1. The smallest absolute Gasteiger partial charge is 0.319 e. The van der Waals surface area contributed by atoms with E-state index in [4.69, 9.17) is 4.74 Å². The predicted octanol–water partition coefficient (Wildman–Crippen LogP) is 5.99. The number of amides is 3. The first-order chi connectivity index (χ1) is 19.3. The summed E-state index contributed by atoms with van der Waals surface area (Å²) in [6, 6.07) is 9.26. The van der Waals surface area contributed by atoms with E-state index in [2.05, 4.69) is 55.9 Å². The van der Waals surface area contributed by atoms with Crippen molar-refractivity contribution in [2.24, 2.45) is 5.41 Å². The third-order valence-electron chi connectivity index (χ3n) is 8.04. The van der Waals surface area contributed by atoms with Gasteiger partial charge in [-0.2, -0.15) is 5.26 Å². The van der Waals surface area contributed by atoms with Crippen LogP contribution in [0.25, 0.3) is 5.57 Å². The first kappa shape index (κ1) is 30.5. The van der Waals surface area contributed by atoms with Gasteiger partial charge in [-0.25, -0.2) is 9.78 Å². The highest BCUT2D eigenvalue weighted by Gasteiger charge is 2.30. The molecule has 0 bridgehead atoms. The lowest BCUT2D eigenvalue weighted by Crippen LogP contribution is -2.48. The van der Waals surface area contributed by atoms with Crippen molar-refractivity contribution in [3.05, 3.63) is 53.1 Å². The maximum atomic E-state index is 13.6. The van der Waals surface area contributed by atoms with Crippen molar-refractivity contribution in [2.75, 3.05) is 39.1 Å². The molecule has 1 aromatic heterocycles. The summed E-state index contributed by atoms with van der Waals surface area (Å²) in [5.41, 5.74) is 4.49. The van der Waals surface area contributed by atoms with Crippen LogP contribution in [0.3, 0.4) is 0 Å². The van der Waals surface area contributed by atoms with Crippen molar-refractivity contribution in [3.63, 3.8) is 0 Å². The van der Waals surface area contributed by atoms with Gasteiger partial charge in [-0.3, -0.25) is 4.79 Å². The Balaban J connectivity index is 1.61. The summed E-state index contributed by atoms with van der Waals surface area (Å²) in [5, 5.41) is 12.6. The van der Waals surface area contributed by atoms with Crippen molar-refractivity contribution < 1.29 is 14.3 Å². The molecule has 0 saturated carbocycles. The number of nitrogens with zero attached hydrogens (tertiary/aromatic N) is 5. The molecular weight excluding hydrogens is 532 g/mol. The molecule has 4 rings (SSSR count). The Hall–Kier alpha value is -3.42. The van der Waals surface area contributed by atoms with E-state index >= 15 is 0 Å². The number of hydrogen-bond acceptors (Lipinski definition) is 5.